The van der Waals surface area contributed by atoms with Crippen LogP contribution in [0.15, 0.2) is 24.0 Å². The first-order valence-corrected chi connectivity index (χ1v) is 12.2. The molecule has 6 atom stereocenters. The van der Waals surface area contributed by atoms with E-state index in [1.54, 1.807) is 13.0 Å². The summed E-state index contributed by atoms with van der Waals surface area (Å²) in [5.41, 5.74) is -1.09. The van der Waals surface area contributed by atoms with Crippen LogP contribution >= 0.6 is 0 Å². The molecular formula is C26H31NO11. The fraction of sp³-hybridized carbons (Fsp3) is 0.538. The Morgan fingerprint density at radius 1 is 1.16 bits per heavy atom. The van der Waals surface area contributed by atoms with Gasteiger partial charge in [-0.2, -0.15) is 0 Å². The first kappa shape index (κ1) is 27.4. The van der Waals surface area contributed by atoms with E-state index in [0.717, 1.165) is 19.4 Å². The fourth-order valence-electron chi connectivity index (χ4n) is 5.90. The van der Waals surface area contributed by atoms with Crippen molar-refractivity contribution in [1.82, 2.24) is 4.90 Å². The highest BCUT2D eigenvalue weighted by atomic mass is 16.6. The highest BCUT2D eigenvalue weighted by molar-refractivity contribution is 5.88. The van der Waals surface area contributed by atoms with Gasteiger partial charge in [-0.3, -0.25) is 9.59 Å². The van der Waals surface area contributed by atoms with Gasteiger partial charge in [0.15, 0.2) is 17.6 Å². The minimum atomic E-state index is -2.16. The van der Waals surface area contributed by atoms with Gasteiger partial charge < -0.3 is 39.2 Å². The first-order valence-electron chi connectivity index (χ1n) is 12.2. The molecule has 1 aliphatic heterocycles. The van der Waals surface area contributed by atoms with Crippen LogP contribution in [0, 0.1) is 0 Å². The van der Waals surface area contributed by atoms with Gasteiger partial charge in [-0.25, -0.2) is 9.59 Å². The van der Waals surface area contributed by atoms with Gasteiger partial charge >= 0.3 is 23.9 Å². The summed E-state index contributed by atoms with van der Waals surface area (Å²) >= 11 is 0. The Kier molecular flexibility index (Phi) is 6.91. The summed E-state index contributed by atoms with van der Waals surface area (Å²) in [5, 5.41) is 32.3. The van der Waals surface area contributed by atoms with Gasteiger partial charge in [0.25, 0.3) is 0 Å². The molecule has 1 heterocycles. The van der Waals surface area contributed by atoms with Crippen molar-refractivity contribution in [2.75, 3.05) is 13.6 Å². The molecule has 0 bridgehead atoms. The summed E-state index contributed by atoms with van der Waals surface area (Å²) in [5.74, 6) is -5.09. The number of nitrogens with zero attached hydrogens (tertiary/aromatic N) is 1. The molecule has 12 nitrogen and oxygen atoms in total. The topological polar surface area (TPSA) is 169 Å². The highest BCUT2D eigenvalue weighted by Gasteiger charge is 2.68. The van der Waals surface area contributed by atoms with Crippen molar-refractivity contribution >= 4 is 23.9 Å². The summed E-state index contributed by atoms with van der Waals surface area (Å²) in [6, 6.07) is 2.94. The van der Waals surface area contributed by atoms with E-state index >= 15 is 0 Å². The number of benzene rings is 1. The molecule has 0 fully saturated rings. The molecule has 4 rings (SSSR count). The van der Waals surface area contributed by atoms with Crippen molar-refractivity contribution in [3.05, 3.63) is 35.1 Å². The van der Waals surface area contributed by atoms with Gasteiger partial charge in [-0.05, 0) is 44.6 Å². The number of carbonyl (C=O) groups is 4. The predicted octanol–water partition coefficient (Wildman–Crippen LogP) is 0.797. The molecule has 0 spiro atoms. The number of hydrogen-bond acceptors (Lipinski definition) is 11. The molecule has 0 amide bonds. The Bertz CT molecular complexity index is 1230. The number of carbonyl (C=O) groups excluding carboxylic acids is 3. The van der Waals surface area contributed by atoms with Gasteiger partial charge in [-0.1, -0.05) is 13.0 Å². The zero-order valence-electron chi connectivity index (χ0n) is 21.7. The van der Waals surface area contributed by atoms with Crippen molar-refractivity contribution in [2.24, 2.45) is 0 Å². The van der Waals surface area contributed by atoms with Crippen molar-refractivity contribution in [1.29, 1.82) is 0 Å². The lowest BCUT2D eigenvalue weighted by molar-refractivity contribution is -0.188. The van der Waals surface area contributed by atoms with Crippen LogP contribution in [-0.2, 0) is 45.2 Å². The van der Waals surface area contributed by atoms with Gasteiger partial charge in [0, 0.05) is 31.9 Å². The van der Waals surface area contributed by atoms with E-state index in [1.807, 2.05) is 18.9 Å². The summed E-state index contributed by atoms with van der Waals surface area (Å²) < 4.78 is 21.3. The molecule has 3 N–H and O–H groups in total. The Morgan fingerprint density at radius 3 is 2.37 bits per heavy atom. The molecule has 38 heavy (non-hydrogen) atoms. The number of phenolic OH excluding ortho intramolecular Hbond substituents is 1. The average Bonchev–Trinajstić information content (AvgIpc) is 3.18. The zero-order chi connectivity index (χ0) is 28.2. The van der Waals surface area contributed by atoms with E-state index in [2.05, 4.69) is 0 Å². The number of hydrogen-bond donors (Lipinski definition) is 3. The normalized spacial score (nSPS) is 28.3. The van der Waals surface area contributed by atoms with E-state index in [1.165, 1.54) is 12.1 Å². The standard InChI is InChI=1S/C26H31NO11/c1-6-27(5)17-11-14-7-8-15(30)19-18(14)25(4)22(38-19)16(9-10-26(17,25)34)37-24(33)21(36-13(3)29)20(23(31)32)35-12(2)28/h7-9,17,20-22,30,34H,6,10-11H2,1-5H3,(H,31,32)/t17-,20-,21-,22+,25+,26-/m1/s1. The molecule has 0 aromatic heterocycles. The Hall–Kier alpha value is -3.64. The number of ether oxygens (including phenoxy) is 4. The maximum atomic E-state index is 13.2. The van der Waals surface area contributed by atoms with Crippen molar-refractivity contribution in [2.45, 2.75) is 75.9 Å². The molecule has 0 radical (unpaired) electrons. The number of aliphatic hydroxyl groups is 1. The SMILES string of the molecule is CCN(C)[C@@H]1Cc2ccc(O)c3c2[C@@]2(C)[C@@H](O3)C(OC(=O)[C@H](OC(C)=O)[C@@H](OC(C)=O)C(=O)O)=CC[C@@]12O. The summed E-state index contributed by atoms with van der Waals surface area (Å²) in [7, 11) is 1.90. The fourth-order valence-corrected chi connectivity index (χ4v) is 5.90. The molecular weight excluding hydrogens is 502 g/mol. The number of aromatic hydroxyl groups is 1. The van der Waals surface area contributed by atoms with E-state index < -0.39 is 53.2 Å². The molecule has 1 aromatic carbocycles. The minimum Gasteiger partial charge on any atom is -0.504 e. The third-order valence-corrected chi connectivity index (χ3v) is 7.83. The van der Waals surface area contributed by atoms with Crippen molar-refractivity contribution < 1.29 is 53.4 Å². The second-order valence-electron chi connectivity index (χ2n) is 10.00. The largest absolute Gasteiger partial charge is 0.504 e. The number of carboxylic acid groups (broad SMARTS) is 1. The van der Waals surface area contributed by atoms with Gasteiger partial charge in [0.1, 0.15) is 5.76 Å². The van der Waals surface area contributed by atoms with Crippen LogP contribution in [0.4, 0.5) is 0 Å². The van der Waals surface area contributed by atoms with Crippen LogP contribution in [-0.4, -0.2) is 87.6 Å². The summed E-state index contributed by atoms with van der Waals surface area (Å²) in [6.45, 7) is 6.29. The molecule has 12 heteroatoms. The monoisotopic (exact) mass is 533 g/mol. The molecule has 206 valence electrons. The van der Waals surface area contributed by atoms with E-state index in [0.29, 0.717) is 18.5 Å². The predicted molar refractivity (Wildman–Crippen MR) is 128 cm³/mol. The van der Waals surface area contributed by atoms with Gasteiger partial charge in [0.2, 0.25) is 12.2 Å². The van der Waals surface area contributed by atoms with Gasteiger partial charge in [0.05, 0.1) is 11.0 Å². The second kappa shape index (κ2) is 9.59. The Morgan fingerprint density at radius 2 is 1.79 bits per heavy atom. The van der Waals surface area contributed by atoms with Crippen LogP contribution < -0.4 is 4.74 Å². The molecule has 2 aliphatic carbocycles. The van der Waals surface area contributed by atoms with E-state index in [9.17, 15) is 34.5 Å². The Labute approximate surface area is 218 Å². The summed E-state index contributed by atoms with van der Waals surface area (Å²) in [6.07, 6.45) is -3.34. The zero-order valence-corrected chi connectivity index (χ0v) is 21.7. The van der Waals surface area contributed by atoms with Crippen LogP contribution in [0.25, 0.3) is 0 Å². The quantitative estimate of drug-likeness (QED) is 0.318. The van der Waals surface area contributed by atoms with Crippen molar-refractivity contribution in [3.8, 4) is 11.5 Å². The van der Waals surface area contributed by atoms with E-state index in [-0.39, 0.29) is 29.7 Å². The lowest BCUT2D eigenvalue weighted by Crippen LogP contribution is -2.69. The molecule has 0 saturated carbocycles. The Balaban J connectivity index is 1.76. The third-order valence-electron chi connectivity index (χ3n) is 7.83. The van der Waals surface area contributed by atoms with Crippen LogP contribution in [0.1, 0.15) is 45.2 Å². The number of carboxylic acids is 1. The van der Waals surface area contributed by atoms with Gasteiger partial charge in [-0.15, -0.1) is 0 Å². The lowest BCUT2D eigenvalue weighted by atomic mass is 9.54. The highest BCUT2D eigenvalue weighted by Crippen LogP contribution is 2.62. The minimum absolute atomic E-state index is 0.0417. The van der Waals surface area contributed by atoms with Crippen LogP contribution in [0.2, 0.25) is 0 Å². The summed E-state index contributed by atoms with van der Waals surface area (Å²) in [4.78, 5) is 50.1. The smallest absolute Gasteiger partial charge is 0.357 e. The van der Waals surface area contributed by atoms with Crippen molar-refractivity contribution in [3.63, 3.8) is 0 Å². The first-order chi connectivity index (χ1) is 17.8. The van der Waals surface area contributed by atoms with Crippen LogP contribution in [0.3, 0.4) is 0 Å². The molecule has 0 saturated heterocycles. The number of rotatable bonds is 8. The number of likely N-dealkylation sites (N-methyl/N-ethyl adjacent to an activating group) is 1. The maximum absolute atomic E-state index is 13.2. The molecule has 1 aromatic rings. The third kappa shape index (κ3) is 4.08. The lowest BCUT2D eigenvalue weighted by Gasteiger charge is -2.56. The average molecular weight is 534 g/mol. The maximum Gasteiger partial charge on any atom is 0.357 e. The van der Waals surface area contributed by atoms with E-state index in [4.69, 9.17) is 18.9 Å². The number of esters is 3. The van der Waals surface area contributed by atoms with Crippen LogP contribution in [0.5, 0.6) is 11.5 Å². The number of phenols is 1. The number of aliphatic carboxylic acids is 1. The molecule has 0 unspecified atom stereocenters. The second-order valence-corrected chi connectivity index (χ2v) is 10.00. The molecule has 3 aliphatic rings.